The monoisotopic (exact) mass is 404 g/mol. The Morgan fingerprint density at radius 3 is 2.69 bits per heavy atom. The van der Waals surface area contributed by atoms with Crippen LogP contribution in [-0.4, -0.2) is 38.0 Å². The number of carbonyl (C=O) groups excluding carboxylic acids is 3. The minimum atomic E-state index is -0.946. The zero-order chi connectivity index (χ0) is 21.0. The van der Waals surface area contributed by atoms with E-state index in [0.717, 1.165) is 12.1 Å². The van der Waals surface area contributed by atoms with Crippen molar-refractivity contribution in [2.24, 2.45) is 5.92 Å². The second kappa shape index (κ2) is 8.68. The number of nitrogens with zero attached hydrogens (tertiary/aromatic N) is 1. The third-order valence-electron chi connectivity index (χ3n) is 4.39. The lowest BCUT2D eigenvalue weighted by Gasteiger charge is -2.19. The summed E-state index contributed by atoms with van der Waals surface area (Å²) >= 11 is 0. The van der Waals surface area contributed by atoms with Crippen molar-refractivity contribution in [3.8, 4) is 5.75 Å². The standard InChI is InChI=1S/C20H18F2N2O5/c1-28-17-5-3-2-4-16(17)24-10-12(8-19(24)26)20(27)29-11-18(25)23-15-7-6-13(21)9-14(15)22/h2-7,9,12H,8,10-11H2,1H3,(H,23,25)/t12-/m0/s1. The predicted octanol–water partition coefficient (Wildman–Crippen LogP) is 2.51. The van der Waals surface area contributed by atoms with Gasteiger partial charge < -0.3 is 19.7 Å². The van der Waals surface area contributed by atoms with Gasteiger partial charge in [-0.15, -0.1) is 0 Å². The van der Waals surface area contributed by atoms with Crippen LogP contribution in [0.4, 0.5) is 20.2 Å². The molecule has 7 nitrogen and oxygen atoms in total. The molecule has 2 aromatic rings. The Morgan fingerprint density at radius 2 is 1.97 bits per heavy atom. The lowest BCUT2D eigenvalue weighted by Crippen LogP contribution is -2.28. The van der Waals surface area contributed by atoms with Crippen LogP contribution in [0.25, 0.3) is 0 Å². The van der Waals surface area contributed by atoms with Crippen LogP contribution in [0, 0.1) is 17.6 Å². The van der Waals surface area contributed by atoms with E-state index in [1.807, 2.05) is 0 Å². The van der Waals surface area contributed by atoms with E-state index in [2.05, 4.69) is 5.32 Å². The van der Waals surface area contributed by atoms with Gasteiger partial charge in [0.05, 0.1) is 24.4 Å². The molecule has 3 rings (SSSR count). The second-order valence-corrected chi connectivity index (χ2v) is 6.36. The smallest absolute Gasteiger partial charge is 0.311 e. The number of anilines is 2. The SMILES string of the molecule is COc1ccccc1N1C[C@@H](C(=O)OCC(=O)Nc2ccc(F)cc2F)CC1=O. The van der Waals surface area contributed by atoms with E-state index in [0.29, 0.717) is 17.5 Å². The number of rotatable bonds is 6. The van der Waals surface area contributed by atoms with Gasteiger partial charge in [0.1, 0.15) is 17.4 Å². The van der Waals surface area contributed by atoms with Crippen molar-refractivity contribution in [2.75, 3.05) is 30.5 Å². The first-order valence-electron chi connectivity index (χ1n) is 8.74. The van der Waals surface area contributed by atoms with Crippen LogP contribution in [0.1, 0.15) is 6.42 Å². The lowest BCUT2D eigenvalue weighted by molar-refractivity contribution is -0.151. The number of ether oxygens (including phenoxy) is 2. The van der Waals surface area contributed by atoms with Crippen LogP contribution in [0.5, 0.6) is 5.75 Å². The third kappa shape index (κ3) is 4.68. The van der Waals surface area contributed by atoms with E-state index in [1.54, 1.807) is 24.3 Å². The predicted molar refractivity (Wildman–Crippen MR) is 99.4 cm³/mol. The number of esters is 1. The molecule has 0 unspecified atom stereocenters. The topological polar surface area (TPSA) is 84.9 Å². The summed E-state index contributed by atoms with van der Waals surface area (Å²) in [5, 5.41) is 2.19. The Hall–Kier alpha value is -3.49. The average Bonchev–Trinajstić information content (AvgIpc) is 3.09. The van der Waals surface area contributed by atoms with E-state index in [-0.39, 0.29) is 24.6 Å². The fourth-order valence-corrected chi connectivity index (χ4v) is 2.98. The molecule has 9 heteroatoms. The van der Waals surface area contributed by atoms with Crippen LogP contribution < -0.4 is 15.0 Å². The number of para-hydroxylation sites is 2. The Morgan fingerprint density at radius 1 is 1.21 bits per heavy atom. The van der Waals surface area contributed by atoms with E-state index < -0.39 is 36.0 Å². The Balaban J connectivity index is 1.56. The molecule has 1 saturated heterocycles. The number of nitrogens with one attached hydrogen (secondary N) is 1. The molecule has 152 valence electrons. The van der Waals surface area contributed by atoms with Crippen molar-refractivity contribution in [1.82, 2.24) is 0 Å². The number of hydrogen-bond donors (Lipinski definition) is 1. The molecule has 0 aliphatic carbocycles. The number of amides is 2. The molecular formula is C20H18F2N2O5. The normalized spacial score (nSPS) is 15.9. The van der Waals surface area contributed by atoms with Crippen LogP contribution in [0.3, 0.4) is 0 Å². The molecule has 1 atom stereocenters. The van der Waals surface area contributed by atoms with E-state index in [9.17, 15) is 23.2 Å². The van der Waals surface area contributed by atoms with Gasteiger partial charge in [0.25, 0.3) is 5.91 Å². The van der Waals surface area contributed by atoms with Crippen LogP contribution in [0.15, 0.2) is 42.5 Å². The summed E-state index contributed by atoms with van der Waals surface area (Å²) in [5.41, 5.74) is 0.311. The molecule has 1 fully saturated rings. The van der Waals surface area contributed by atoms with Crippen molar-refractivity contribution in [1.29, 1.82) is 0 Å². The van der Waals surface area contributed by atoms with Gasteiger partial charge in [0, 0.05) is 19.0 Å². The maximum absolute atomic E-state index is 13.5. The summed E-state index contributed by atoms with van der Waals surface area (Å²) in [6, 6.07) is 9.58. The maximum Gasteiger partial charge on any atom is 0.311 e. The first kappa shape index (κ1) is 20.2. The fourth-order valence-electron chi connectivity index (χ4n) is 2.98. The summed E-state index contributed by atoms with van der Waals surface area (Å²) in [6.07, 6.45) is -0.0644. The van der Waals surface area contributed by atoms with Crippen molar-refractivity contribution < 1.29 is 32.6 Å². The molecule has 0 radical (unpaired) electrons. The number of methoxy groups -OCH3 is 1. The number of halogens is 2. The van der Waals surface area contributed by atoms with E-state index >= 15 is 0 Å². The van der Waals surface area contributed by atoms with Crippen LogP contribution in [0.2, 0.25) is 0 Å². The molecule has 1 aliphatic heterocycles. The zero-order valence-corrected chi connectivity index (χ0v) is 15.5. The molecular weight excluding hydrogens is 386 g/mol. The minimum absolute atomic E-state index is 0.0644. The van der Waals surface area contributed by atoms with E-state index in [1.165, 1.54) is 12.0 Å². The molecule has 0 bridgehead atoms. The second-order valence-electron chi connectivity index (χ2n) is 6.36. The lowest BCUT2D eigenvalue weighted by atomic mass is 10.1. The highest BCUT2D eigenvalue weighted by Gasteiger charge is 2.37. The molecule has 1 N–H and O–H groups in total. The van der Waals surface area contributed by atoms with Crippen molar-refractivity contribution in [3.05, 3.63) is 54.1 Å². The molecule has 0 aromatic heterocycles. The van der Waals surface area contributed by atoms with Crippen molar-refractivity contribution >= 4 is 29.2 Å². The number of carbonyl (C=O) groups is 3. The highest BCUT2D eigenvalue weighted by Crippen LogP contribution is 2.33. The number of benzene rings is 2. The average molecular weight is 404 g/mol. The van der Waals surface area contributed by atoms with Gasteiger partial charge in [0.15, 0.2) is 6.61 Å². The molecule has 0 spiro atoms. The van der Waals surface area contributed by atoms with Crippen molar-refractivity contribution in [2.45, 2.75) is 6.42 Å². The third-order valence-corrected chi connectivity index (χ3v) is 4.39. The Labute approximate surface area is 165 Å². The number of hydrogen-bond acceptors (Lipinski definition) is 5. The van der Waals surface area contributed by atoms with Gasteiger partial charge in [-0.05, 0) is 24.3 Å². The van der Waals surface area contributed by atoms with Gasteiger partial charge in [-0.3, -0.25) is 14.4 Å². The first-order chi connectivity index (χ1) is 13.9. The van der Waals surface area contributed by atoms with Gasteiger partial charge in [-0.25, -0.2) is 8.78 Å². The summed E-state index contributed by atoms with van der Waals surface area (Å²) in [5.74, 6) is -3.75. The van der Waals surface area contributed by atoms with Gasteiger partial charge in [0.2, 0.25) is 5.91 Å². The van der Waals surface area contributed by atoms with E-state index in [4.69, 9.17) is 9.47 Å². The first-order valence-corrected chi connectivity index (χ1v) is 8.74. The molecule has 2 amide bonds. The molecule has 1 aliphatic rings. The maximum atomic E-state index is 13.5. The molecule has 29 heavy (non-hydrogen) atoms. The molecule has 0 saturated carbocycles. The molecule has 2 aromatic carbocycles. The fraction of sp³-hybridized carbons (Fsp3) is 0.250. The minimum Gasteiger partial charge on any atom is -0.495 e. The highest BCUT2D eigenvalue weighted by molar-refractivity contribution is 6.01. The summed E-state index contributed by atoms with van der Waals surface area (Å²) in [7, 11) is 1.48. The Kier molecular flexibility index (Phi) is 6.06. The van der Waals surface area contributed by atoms with Crippen LogP contribution >= 0.6 is 0 Å². The van der Waals surface area contributed by atoms with Gasteiger partial charge in [-0.2, -0.15) is 0 Å². The Bertz CT molecular complexity index is 950. The summed E-state index contributed by atoms with van der Waals surface area (Å²) in [6.45, 7) is -0.568. The highest BCUT2D eigenvalue weighted by atomic mass is 19.1. The molecule has 1 heterocycles. The quantitative estimate of drug-likeness (QED) is 0.748. The van der Waals surface area contributed by atoms with Gasteiger partial charge in [-0.1, -0.05) is 12.1 Å². The van der Waals surface area contributed by atoms with Gasteiger partial charge >= 0.3 is 5.97 Å². The van der Waals surface area contributed by atoms with Crippen molar-refractivity contribution in [3.63, 3.8) is 0 Å². The largest absolute Gasteiger partial charge is 0.495 e. The van der Waals surface area contributed by atoms with Crippen LogP contribution in [-0.2, 0) is 19.1 Å². The summed E-state index contributed by atoms with van der Waals surface area (Å²) < 4.78 is 36.6. The summed E-state index contributed by atoms with van der Waals surface area (Å²) in [4.78, 5) is 37.9. The zero-order valence-electron chi connectivity index (χ0n) is 15.5.